The third kappa shape index (κ3) is 1.18. The Morgan fingerprint density at radius 1 is 1.67 bits per heavy atom. The van der Waals surface area contributed by atoms with Gasteiger partial charge < -0.3 is 4.74 Å². The van der Waals surface area contributed by atoms with E-state index >= 15 is 0 Å². The zero-order chi connectivity index (χ0) is 6.27. The van der Waals surface area contributed by atoms with Crippen LogP contribution >= 0.6 is 27.3 Å². The molecule has 1 aliphatic heterocycles. The van der Waals surface area contributed by atoms with Gasteiger partial charge in [-0.2, -0.15) is 0 Å². The minimum Gasteiger partial charge on any atom is -0.367 e. The number of halogens is 1. The summed E-state index contributed by atoms with van der Waals surface area (Å²) in [6, 6.07) is 4.16. The fourth-order valence-corrected chi connectivity index (χ4v) is 2.17. The summed E-state index contributed by atoms with van der Waals surface area (Å²) >= 11 is 5.14. The molecule has 0 amide bonds. The number of rotatable bonds is 1. The van der Waals surface area contributed by atoms with Crippen molar-refractivity contribution in [2.45, 2.75) is 6.10 Å². The number of hydrogen-bond donors (Lipinski definition) is 0. The third-order valence-corrected chi connectivity index (χ3v) is 2.96. The highest BCUT2D eigenvalue weighted by molar-refractivity contribution is 9.11. The van der Waals surface area contributed by atoms with E-state index in [9.17, 15) is 0 Å². The molecule has 48 valence electrons. The molecule has 1 atom stereocenters. The van der Waals surface area contributed by atoms with E-state index in [1.807, 2.05) is 0 Å². The first-order valence-electron chi connectivity index (χ1n) is 2.73. The van der Waals surface area contributed by atoms with Crippen LogP contribution in [0.5, 0.6) is 0 Å². The van der Waals surface area contributed by atoms with E-state index in [1.54, 1.807) is 11.3 Å². The fourth-order valence-electron chi connectivity index (χ4n) is 0.714. The molecule has 0 aromatic carbocycles. The molecule has 2 rings (SSSR count). The predicted molar refractivity (Wildman–Crippen MR) is 40.7 cm³/mol. The van der Waals surface area contributed by atoms with Crippen molar-refractivity contribution in [1.29, 1.82) is 0 Å². The van der Waals surface area contributed by atoms with Crippen LogP contribution in [0.3, 0.4) is 0 Å². The molecule has 0 saturated carbocycles. The molecular formula is C6H5BrOS. The number of thiophene rings is 1. The maximum Gasteiger partial charge on any atom is 0.115 e. The van der Waals surface area contributed by atoms with Crippen LogP contribution in [0.15, 0.2) is 15.9 Å². The Morgan fingerprint density at radius 2 is 2.44 bits per heavy atom. The molecule has 1 nitrogen and oxygen atoms in total. The van der Waals surface area contributed by atoms with Crippen LogP contribution in [0.2, 0.25) is 0 Å². The molecule has 3 heteroatoms. The highest BCUT2D eigenvalue weighted by Gasteiger charge is 2.25. The fraction of sp³-hybridized carbons (Fsp3) is 0.333. The van der Waals surface area contributed by atoms with Gasteiger partial charge in [-0.15, -0.1) is 11.3 Å². The van der Waals surface area contributed by atoms with E-state index in [-0.39, 0.29) is 0 Å². The summed E-state index contributed by atoms with van der Waals surface area (Å²) < 4.78 is 6.29. The Labute approximate surface area is 65.8 Å². The molecule has 0 N–H and O–H groups in total. The van der Waals surface area contributed by atoms with Gasteiger partial charge in [0.2, 0.25) is 0 Å². The Kier molecular flexibility index (Phi) is 1.36. The van der Waals surface area contributed by atoms with Gasteiger partial charge in [0, 0.05) is 4.88 Å². The lowest BCUT2D eigenvalue weighted by atomic mass is 10.4. The zero-order valence-corrected chi connectivity index (χ0v) is 7.04. The van der Waals surface area contributed by atoms with Crippen molar-refractivity contribution in [2.75, 3.05) is 6.61 Å². The van der Waals surface area contributed by atoms with Gasteiger partial charge in [0.05, 0.1) is 10.4 Å². The van der Waals surface area contributed by atoms with E-state index in [0.717, 1.165) is 6.61 Å². The Bertz CT molecular complexity index is 217. The minimum atomic E-state index is 0.418. The highest BCUT2D eigenvalue weighted by atomic mass is 79.9. The van der Waals surface area contributed by atoms with Gasteiger partial charge in [-0.25, -0.2) is 0 Å². The maximum atomic E-state index is 5.10. The average molecular weight is 205 g/mol. The minimum absolute atomic E-state index is 0.418. The topological polar surface area (TPSA) is 12.5 Å². The SMILES string of the molecule is Brc1ccc(C2CO2)s1. The molecule has 0 spiro atoms. The molecule has 1 fully saturated rings. The summed E-state index contributed by atoms with van der Waals surface area (Å²) in [5, 5.41) is 0. The predicted octanol–water partition coefficient (Wildman–Crippen LogP) is 2.58. The van der Waals surface area contributed by atoms with Crippen LogP contribution < -0.4 is 0 Å². The van der Waals surface area contributed by atoms with Crippen molar-refractivity contribution in [3.05, 3.63) is 20.8 Å². The molecule has 0 bridgehead atoms. The molecule has 1 saturated heterocycles. The van der Waals surface area contributed by atoms with Crippen molar-refractivity contribution < 1.29 is 4.74 Å². The van der Waals surface area contributed by atoms with Crippen LogP contribution in [-0.4, -0.2) is 6.61 Å². The number of epoxide rings is 1. The molecule has 1 aliphatic rings. The van der Waals surface area contributed by atoms with E-state index in [1.165, 1.54) is 8.66 Å². The third-order valence-electron chi connectivity index (χ3n) is 1.24. The Morgan fingerprint density at radius 3 is 2.89 bits per heavy atom. The van der Waals surface area contributed by atoms with Crippen LogP contribution in [0.25, 0.3) is 0 Å². The second-order valence-electron chi connectivity index (χ2n) is 1.96. The largest absolute Gasteiger partial charge is 0.367 e. The summed E-state index contributed by atoms with van der Waals surface area (Å²) in [7, 11) is 0. The molecule has 0 radical (unpaired) electrons. The smallest absolute Gasteiger partial charge is 0.115 e. The lowest BCUT2D eigenvalue weighted by molar-refractivity contribution is 0.418. The quantitative estimate of drug-likeness (QED) is 0.642. The number of hydrogen-bond acceptors (Lipinski definition) is 2. The van der Waals surface area contributed by atoms with E-state index < -0.39 is 0 Å². The summed E-state index contributed by atoms with van der Waals surface area (Å²) in [5.41, 5.74) is 0. The second-order valence-corrected chi connectivity index (χ2v) is 4.46. The van der Waals surface area contributed by atoms with Gasteiger partial charge in [0.25, 0.3) is 0 Å². The summed E-state index contributed by atoms with van der Waals surface area (Å²) in [6.45, 7) is 0.910. The second kappa shape index (κ2) is 2.08. The van der Waals surface area contributed by atoms with Crippen molar-refractivity contribution in [1.82, 2.24) is 0 Å². The van der Waals surface area contributed by atoms with Crippen LogP contribution in [-0.2, 0) is 4.74 Å². The van der Waals surface area contributed by atoms with Crippen molar-refractivity contribution >= 4 is 27.3 Å². The molecular weight excluding hydrogens is 200 g/mol. The molecule has 2 heterocycles. The van der Waals surface area contributed by atoms with Crippen LogP contribution in [0.4, 0.5) is 0 Å². The standard InChI is InChI=1S/C6H5BrOS/c7-6-2-1-5(9-6)4-3-8-4/h1-2,4H,3H2. The van der Waals surface area contributed by atoms with Crippen molar-refractivity contribution in [3.63, 3.8) is 0 Å². The van der Waals surface area contributed by atoms with Gasteiger partial charge >= 0.3 is 0 Å². The van der Waals surface area contributed by atoms with E-state index in [4.69, 9.17) is 4.74 Å². The molecule has 1 unspecified atom stereocenters. The zero-order valence-electron chi connectivity index (χ0n) is 4.63. The van der Waals surface area contributed by atoms with Crippen molar-refractivity contribution in [3.8, 4) is 0 Å². The first-order valence-corrected chi connectivity index (χ1v) is 4.34. The van der Waals surface area contributed by atoms with Gasteiger partial charge in [-0.3, -0.25) is 0 Å². The molecule has 0 aliphatic carbocycles. The van der Waals surface area contributed by atoms with E-state index in [0.29, 0.717) is 6.10 Å². The number of ether oxygens (including phenoxy) is 1. The molecule has 9 heavy (non-hydrogen) atoms. The normalized spacial score (nSPS) is 24.3. The molecule has 1 aromatic heterocycles. The van der Waals surface area contributed by atoms with Crippen molar-refractivity contribution in [2.24, 2.45) is 0 Å². The Balaban J connectivity index is 2.28. The van der Waals surface area contributed by atoms with Gasteiger partial charge in [0.1, 0.15) is 6.10 Å². The summed E-state index contributed by atoms with van der Waals surface area (Å²) in [4.78, 5) is 1.34. The molecule has 1 aromatic rings. The van der Waals surface area contributed by atoms with Gasteiger partial charge in [-0.05, 0) is 28.1 Å². The van der Waals surface area contributed by atoms with Crippen LogP contribution in [0, 0.1) is 0 Å². The summed E-state index contributed by atoms with van der Waals surface area (Å²) in [6.07, 6.45) is 0.418. The monoisotopic (exact) mass is 204 g/mol. The first kappa shape index (κ1) is 5.89. The average Bonchev–Trinajstić information content (AvgIpc) is 2.58. The Hall–Kier alpha value is 0.140. The van der Waals surface area contributed by atoms with Gasteiger partial charge in [0.15, 0.2) is 0 Å². The highest BCUT2D eigenvalue weighted by Crippen LogP contribution is 2.36. The van der Waals surface area contributed by atoms with Crippen LogP contribution in [0.1, 0.15) is 11.0 Å². The first-order chi connectivity index (χ1) is 4.36. The maximum absolute atomic E-state index is 5.10. The van der Waals surface area contributed by atoms with Gasteiger partial charge in [-0.1, -0.05) is 0 Å². The van der Waals surface area contributed by atoms with E-state index in [2.05, 4.69) is 28.1 Å². The lowest BCUT2D eigenvalue weighted by Crippen LogP contribution is -1.65. The lowest BCUT2D eigenvalue weighted by Gasteiger charge is -1.80. The summed E-state index contributed by atoms with van der Waals surface area (Å²) in [5.74, 6) is 0.